The van der Waals surface area contributed by atoms with E-state index in [9.17, 15) is 4.79 Å². The maximum absolute atomic E-state index is 11.4. The first-order valence-electron chi connectivity index (χ1n) is 7.22. The molecular formula is C16H20Cl2N2O2. The summed E-state index contributed by atoms with van der Waals surface area (Å²) >= 11 is 12.2. The third-order valence-corrected chi connectivity index (χ3v) is 4.62. The van der Waals surface area contributed by atoms with Crippen LogP contribution in [0.2, 0.25) is 10.0 Å². The minimum Gasteiger partial charge on any atom is -0.364 e. The van der Waals surface area contributed by atoms with Crippen molar-refractivity contribution in [3.05, 3.63) is 39.5 Å². The van der Waals surface area contributed by atoms with Crippen LogP contribution in [0.3, 0.4) is 0 Å². The Labute approximate surface area is 141 Å². The lowest BCUT2D eigenvalue weighted by Gasteiger charge is -2.48. The second-order valence-electron chi connectivity index (χ2n) is 5.45. The summed E-state index contributed by atoms with van der Waals surface area (Å²) in [5.74, 6) is 2.04. The molecule has 22 heavy (non-hydrogen) atoms. The zero-order chi connectivity index (χ0) is 16.3. The Morgan fingerprint density at radius 3 is 2.68 bits per heavy atom. The van der Waals surface area contributed by atoms with Crippen molar-refractivity contribution in [2.75, 3.05) is 26.7 Å². The largest absolute Gasteiger partial charge is 0.364 e. The van der Waals surface area contributed by atoms with Crippen LogP contribution in [-0.2, 0) is 16.1 Å². The lowest BCUT2D eigenvalue weighted by Crippen LogP contribution is -2.59. The smallest absolute Gasteiger partial charge is 0.170 e. The summed E-state index contributed by atoms with van der Waals surface area (Å²) in [5.41, 5.74) is 0.643. The van der Waals surface area contributed by atoms with E-state index in [4.69, 9.17) is 27.9 Å². The Kier molecular flexibility index (Phi) is 5.54. The minimum absolute atomic E-state index is 0.500. The quantitative estimate of drug-likeness (QED) is 0.786. The van der Waals surface area contributed by atoms with Crippen molar-refractivity contribution in [1.29, 1.82) is 0 Å². The summed E-state index contributed by atoms with van der Waals surface area (Å²) in [4.78, 5) is 15.4. The van der Waals surface area contributed by atoms with Crippen LogP contribution in [0.5, 0.6) is 0 Å². The zero-order valence-electron chi connectivity index (χ0n) is 13.0. The van der Waals surface area contributed by atoms with Gasteiger partial charge in [-0.3, -0.25) is 4.90 Å². The molecule has 0 radical (unpaired) electrons. The van der Waals surface area contributed by atoms with Gasteiger partial charge in [-0.25, -0.2) is 4.79 Å². The highest BCUT2D eigenvalue weighted by Gasteiger charge is 2.43. The van der Waals surface area contributed by atoms with Gasteiger partial charge < -0.3 is 9.64 Å². The zero-order valence-corrected chi connectivity index (χ0v) is 14.5. The van der Waals surface area contributed by atoms with Crippen molar-refractivity contribution in [2.45, 2.75) is 26.1 Å². The van der Waals surface area contributed by atoms with Gasteiger partial charge in [0, 0.05) is 43.3 Å². The predicted octanol–water partition coefficient (Wildman–Crippen LogP) is 3.21. The van der Waals surface area contributed by atoms with E-state index >= 15 is 0 Å². The number of likely N-dealkylation sites (N-methyl/N-ethyl adjacent to an activating group) is 1. The number of carbonyl (C=O) groups excluding carboxylic acids is 1. The Balaban J connectivity index is 2.33. The molecule has 120 valence electrons. The van der Waals surface area contributed by atoms with E-state index in [1.54, 1.807) is 6.07 Å². The average Bonchev–Trinajstić information content (AvgIpc) is 2.45. The van der Waals surface area contributed by atoms with Gasteiger partial charge in [0.1, 0.15) is 11.6 Å². The first-order valence-corrected chi connectivity index (χ1v) is 7.97. The van der Waals surface area contributed by atoms with E-state index < -0.39 is 5.72 Å². The first-order chi connectivity index (χ1) is 10.4. The van der Waals surface area contributed by atoms with Crippen LogP contribution in [0.4, 0.5) is 0 Å². The number of nitrogens with zero attached hydrogens (tertiary/aromatic N) is 2. The van der Waals surface area contributed by atoms with Gasteiger partial charge in [-0.15, -0.1) is 0 Å². The summed E-state index contributed by atoms with van der Waals surface area (Å²) in [7, 11) is 1.88. The van der Waals surface area contributed by atoms with Crippen molar-refractivity contribution >= 4 is 29.1 Å². The fourth-order valence-corrected chi connectivity index (χ4v) is 3.27. The molecule has 0 aliphatic carbocycles. The molecule has 6 heteroatoms. The van der Waals surface area contributed by atoms with Crippen LogP contribution in [-0.4, -0.2) is 48.2 Å². The standard InChI is InChI=1S/C16H20Cl2N2O2/c1-4-22-16(2)15(11-21)19(3)7-8-20(16)10-12-5-6-13(17)9-14(12)18/h5-6,9H,4,7-8,10H2,1-3H3. The van der Waals surface area contributed by atoms with Crippen molar-refractivity contribution in [2.24, 2.45) is 0 Å². The Morgan fingerprint density at radius 2 is 2.09 bits per heavy atom. The second-order valence-corrected chi connectivity index (χ2v) is 6.29. The highest BCUT2D eigenvalue weighted by atomic mass is 35.5. The Hall–Kier alpha value is -1.03. The molecule has 1 heterocycles. The summed E-state index contributed by atoms with van der Waals surface area (Å²) in [6.07, 6.45) is 0. The summed E-state index contributed by atoms with van der Waals surface area (Å²) in [5, 5.41) is 1.22. The van der Waals surface area contributed by atoms with E-state index in [0.717, 1.165) is 18.7 Å². The molecule has 1 aliphatic heterocycles. The van der Waals surface area contributed by atoms with Gasteiger partial charge in [-0.2, -0.15) is 0 Å². The molecule has 0 amide bonds. The van der Waals surface area contributed by atoms with Crippen LogP contribution in [0.1, 0.15) is 19.4 Å². The van der Waals surface area contributed by atoms with E-state index in [-0.39, 0.29) is 0 Å². The topological polar surface area (TPSA) is 32.8 Å². The van der Waals surface area contributed by atoms with Gasteiger partial charge in [-0.05, 0) is 31.5 Å². The molecule has 4 nitrogen and oxygen atoms in total. The van der Waals surface area contributed by atoms with Crippen molar-refractivity contribution in [3.63, 3.8) is 0 Å². The molecule has 1 atom stereocenters. The van der Waals surface area contributed by atoms with Gasteiger partial charge in [0.2, 0.25) is 0 Å². The Morgan fingerprint density at radius 1 is 1.36 bits per heavy atom. The van der Waals surface area contributed by atoms with Gasteiger partial charge in [0.15, 0.2) is 5.72 Å². The number of hydrogen-bond donors (Lipinski definition) is 0. The molecule has 1 unspecified atom stereocenters. The van der Waals surface area contributed by atoms with Crippen molar-refractivity contribution in [3.8, 4) is 0 Å². The van der Waals surface area contributed by atoms with Crippen LogP contribution in [0, 0.1) is 0 Å². The van der Waals surface area contributed by atoms with Crippen LogP contribution < -0.4 is 0 Å². The van der Waals surface area contributed by atoms with Crippen LogP contribution in [0.15, 0.2) is 23.9 Å². The summed E-state index contributed by atoms with van der Waals surface area (Å²) in [6, 6.07) is 5.44. The maximum atomic E-state index is 11.4. The Bertz CT molecular complexity index is 602. The average molecular weight is 343 g/mol. The molecular weight excluding hydrogens is 323 g/mol. The molecule has 1 aliphatic rings. The van der Waals surface area contributed by atoms with Crippen molar-refractivity contribution < 1.29 is 9.53 Å². The first kappa shape index (κ1) is 17.3. The van der Waals surface area contributed by atoms with Crippen LogP contribution >= 0.6 is 23.2 Å². The number of rotatable bonds is 4. The molecule has 0 N–H and O–H groups in total. The summed E-state index contributed by atoms with van der Waals surface area (Å²) < 4.78 is 5.91. The van der Waals surface area contributed by atoms with Gasteiger partial charge >= 0.3 is 0 Å². The molecule has 1 fully saturated rings. The highest BCUT2D eigenvalue weighted by molar-refractivity contribution is 6.35. The van der Waals surface area contributed by atoms with Gasteiger partial charge in [-0.1, -0.05) is 29.3 Å². The number of hydrogen-bond acceptors (Lipinski definition) is 4. The SMILES string of the molecule is CCOC1(C)C(=C=O)N(C)CCN1Cc1ccc(Cl)cc1Cl. The predicted molar refractivity (Wildman–Crippen MR) is 88.7 cm³/mol. The molecule has 0 aromatic heterocycles. The van der Waals surface area contributed by atoms with Crippen LogP contribution in [0.25, 0.3) is 0 Å². The van der Waals surface area contributed by atoms with E-state index in [1.165, 1.54) is 0 Å². The van der Waals surface area contributed by atoms with Gasteiger partial charge in [0.05, 0.1) is 0 Å². The number of ether oxygens (including phenoxy) is 1. The summed E-state index contributed by atoms with van der Waals surface area (Å²) in [6.45, 7) is 6.38. The highest BCUT2D eigenvalue weighted by Crippen LogP contribution is 2.33. The second kappa shape index (κ2) is 7.03. The third-order valence-electron chi connectivity index (χ3n) is 4.03. The van der Waals surface area contributed by atoms with E-state index in [2.05, 4.69) is 4.90 Å². The molecule has 1 saturated heterocycles. The van der Waals surface area contributed by atoms with E-state index in [0.29, 0.717) is 28.9 Å². The fraction of sp³-hybridized carbons (Fsp3) is 0.500. The number of benzene rings is 1. The molecule has 0 spiro atoms. The van der Waals surface area contributed by atoms with E-state index in [1.807, 2.05) is 43.9 Å². The van der Waals surface area contributed by atoms with Crippen molar-refractivity contribution in [1.82, 2.24) is 9.80 Å². The normalized spacial score (nSPS) is 22.8. The maximum Gasteiger partial charge on any atom is 0.170 e. The lowest BCUT2D eigenvalue weighted by molar-refractivity contribution is -0.146. The molecule has 2 rings (SSSR count). The monoisotopic (exact) mass is 342 g/mol. The minimum atomic E-state index is -0.813. The number of halogens is 2. The number of piperazine rings is 1. The lowest BCUT2D eigenvalue weighted by atomic mass is 10.0. The van der Waals surface area contributed by atoms with Gasteiger partial charge in [0.25, 0.3) is 0 Å². The third kappa shape index (κ3) is 3.32. The molecule has 0 bridgehead atoms. The fourth-order valence-electron chi connectivity index (χ4n) is 2.80. The molecule has 1 aromatic rings. The molecule has 1 aromatic carbocycles. The molecule has 0 saturated carbocycles.